The molecule has 1 saturated heterocycles. The number of esters is 1. The van der Waals surface area contributed by atoms with Gasteiger partial charge in [0.1, 0.15) is 11.5 Å². The number of hydrogen-bond donors (Lipinski definition) is 1. The van der Waals surface area contributed by atoms with Crippen LogP contribution in [0.5, 0.6) is 11.5 Å². The van der Waals surface area contributed by atoms with E-state index in [4.69, 9.17) is 19.3 Å². The number of β-amino-alcohol motifs (C(OH)–C–C–N with tert-alkyl or cyclic N) is 1. The second kappa shape index (κ2) is 7.79. The van der Waals surface area contributed by atoms with E-state index in [2.05, 4.69) is 9.80 Å². The molecule has 1 N–H and O–H groups in total. The Labute approximate surface area is 155 Å². The summed E-state index contributed by atoms with van der Waals surface area (Å²) in [5, 5.41) is 9.93. The highest BCUT2D eigenvalue weighted by Crippen LogP contribution is 2.39. The van der Waals surface area contributed by atoms with Crippen LogP contribution in [0.2, 0.25) is 0 Å². The van der Waals surface area contributed by atoms with Crippen LogP contribution >= 0.6 is 11.3 Å². The van der Waals surface area contributed by atoms with Gasteiger partial charge < -0.3 is 19.3 Å². The molecule has 1 fully saturated rings. The van der Waals surface area contributed by atoms with Gasteiger partial charge in [-0.1, -0.05) is 0 Å². The minimum atomic E-state index is -0.285. The lowest BCUT2D eigenvalue weighted by atomic mass is 10.2. The van der Waals surface area contributed by atoms with Gasteiger partial charge in [0.15, 0.2) is 11.5 Å². The number of aliphatic hydroxyl groups excluding tert-OH is 1. The van der Waals surface area contributed by atoms with E-state index in [9.17, 15) is 4.79 Å². The first kappa shape index (κ1) is 17.5. The molecule has 26 heavy (non-hydrogen) atoms. The maximum absolute atomic E-state index is 12.3. The minimum absolute atomic E-state index is 0.202. The number of nitrogens with zero attached hydrogens (tertiary/aromatic N) is 2. The molecule has 2 aliphatic heterocycles. The first-order chi connectivity index (χ1) is 12.7. The molecule has 0 amide bonds. The number of carbonyl (C=O) groups excluding carboxylic acids is 1. The Morgan fingerprint density at radius 3 is 2.50 bits per heavy atom. The van der Waals surface area contributed by atoms with Crippen LogP contribution in [0.25, 0.3) is 10.1 Å². The van der Waals surface area contributed by atoms with Gasteiger partial charge in [0, 0.05) is 50.0 Å². The molecule has 0 radical (unpaired) electrons. The number of aliphatic hydroxyl groups is 1. The van der Waals surface area contributed by atoms with E-state index in [1.165, 1.54) is 11.3 Å². The molecule has 1 aromatic carbocycles. The van der Waals surface area contributed by atoms with Crippen molar-refractivity contribution < 1.29 is 24.1 Å². The summed E-state index contributed by atoms with van der Waals surface area (Å²) in [6, 6.07) is 5.65. The Balaban J connectivity index is 1.28. The van der Waals surface area contributed by atoms with Crippen molar-refractivity contribution >= 4 is 27.4 Å². The molecule has 0 unspecified atom stereocenters. The van der Waals surface area contributed by atoms with Crippen molar-refractivity contribution in [3.63, 3.8) is 0 Å². The molecule has 140 valence electrons. The number of ether oxygens (including phenoxy) is 3. The molecule has 3 heterocycles. The van der Waals surface area contributed by atoms with E-state index < -0.39 is 0 Å². The van der Waals surface area contributed by atoms with Crippen LogP contribution in [-0.2, 0) is 4.74 Å². The maximum atomic E-state index is 12.3. The van der Waals surface area contributed by atoms with E-state index >= 15 is 0 Å². The summed E-state index contributed by atoms with van der Waals surface area (Å²) < 4.78 is 17.2. The third kappa shape index (κ3) is 3.78. The Kier molecular flexibility index (Phi) is 5.26. The summed E-state index contributed by atoms with van der Waals surface area (Å²) >= 11 is 1.41. The SMILES string of the molecule is O=C(OCCN1CCN(CCO)CC1)c1cc2cc3c(cc2s1)OCO3. The third-order valence-corrected chi connectivity index (χ3v) is 5.81. The monoisotopic (exact) mass is 378 g/mol. The molecule has 1 aromatic heterocycles. The van der Waals surface area contributed by atoms with Gasteiger partial charge in [0.2, 0.25) is 6.79 Å². The van der Waals surface area contributed by atoms with E-state index in [-0.39, 0.29) is 19.4 Å². The molecule has 2 aromatic rings. The summed E-state index contributed by atoms with van der Waals surface area (Å²) in [7, 11) is 0. The zero-order valence-electron chi connectivity index (χ0n) is 14.5. The molecule has 0 saturated carbocycles. The Hall–Kier alpha value is -1.87. The molecule has 0 atom stereocenters. The molecule has 0 spiro atoms. The minimum Gasteiger partial charge on any atom is -0.460 e. The van der Waals surface area contributed by atoms with Gasteiger partial charge >= 0.3 is 5.97 Å². The third-order valence-electron chi connectivity index (χ3n) is 4.73. The maximum Gasteiger partial charge on any atom is 0.348 e. The second-order valence-electron chi connectivity index (χ2n) is 6.40. The average Bonchev–Trinajstić information content (AvgIpc) is 3.27. The topological polar surface area (TPSA) is 71.5 Å². The quantitative estimate of drug-likeness (QED) is 0.762. The predicted molar refractivity (Wildman–Crippen MR) is 98.2 cm³/mol. The first-order valence-electron chi connectivity index (χ1n) is 8.79. The van der Waals surface area contributed by atoms with Crippen molar-refractivity contribution in [2.45, 2.75) is 0 Å². The van der Waals surface area contributed by atoms with Crippen molar-refractivity contribution in [2.24, 2.45) is 0 Å². The summed E-state index contributed by atoms with van der Waals surface area (Å²) in [5.74, 6) is 1.15. The van der Waals surface area contributed by atoms with Crippen LogP contribution in [0.4, 0.5) is 0 Å². The molecule has 8 heteroatoms. The van der Waals surface area contributed by atoms with E-state index in [1.54, 1.807) is 0 Å². The molecule has 4 rings (SSSR count). The van der Waals surface area contributed by atoms with Gasteiger partial charge in [-0.2, -0.15) is 0 Å². The molecule has 0 aliphatic carbocycles. The second-order valence-corrected chi connectivity index (χ2v) is 7.48. The van der Waals surface area contributed by atoms with Crippen molar-refractivity contribution in [3.05, 3.63) is 23.1 Å². The van der Waals surface area contributed by atoms with Gasteiger partial charge in [-0.05, 0) is 17.5 Å². The van der Waals surface area contributed by atoms with Crippen LogP contribution in [0, 0.1) is 0 Å². The van der Waals surface area contributed by atoms with Crippen molar-refractivity contribution in [3.8, 4) is 11.5 Å². The highest BCUT2D eigenvalue weighted by Gasteiger charge is 2.19. The first-order valence-corrected chi connectivity index (χ1v) is 9.60. The van der Waals surface area contributed by atoms with Gasteiger partial charge in [0.25, 0.3) is 0 Å². The smallest absolute Gasteiger partial charge is 0.348 e. The van der Waals surface area contributed by atoms with Gasteiger partial charge in [0.05, 0.1) is 6.61 Å². The van der Waals surface area contributed by atoms with Crippen LogP contribution in [-0.4, -0.2) is 80.2 Å². The number of carbonyl (C=O) groups is 1. The average molecular weight is 378 g/mol. The zero-order valence-corrected chi connectivity index (χ0v) is 15.3. The lowest BCUT2D eigenvalue weighted by molar-refractivity contribution is 0.0419. The Morgan fingerprint density at radius 1 is 1.08 bits per heavy atom. The summed E-state index contributed by atoms with van der Waals surface area (Å²) in [6.07, 6.45) is 0. The highest BCUT2D eigenvalue weighted by atomic mass is 32.1. The number of piperazine rings is 1. The number of fused-ring (bicyclic) bond motifs is 2. The molecular formula is C18H22N2O5S. The fourth-order valence-corrected chi connectivity index (χ4v) is 4.21. The molecule has 0 bridgehead atoms. The number of benzene rings is 1. The van der Waals surface area contributed by atoms with E-state index in [0.717, 1.165) is 60.9 Å². The van der Waals surface area contributed by atoms with E-state index in [0.29, 0.717) is 11.5 Å². The fourth-order valence-electron chi connectivity index (χ4n) is 3.25. The largest absolute Gasteiger partial charge is 0.460 e. The summed E-state index contributed by atoms with van der Waals surface area (Å²) in [5.41, 5.74) is 0. The molecule has 7 nitrogen and oxygen atoms in total. The number of hydrogen-bond acceptors (Lipinski definition) is 8. The van der Waals surface area contributed by atoms with E-state index in [1.807, 2.05) is 18.2 Å². The van der Waals surface area contributed by atoms with Crippen molar-refractivity contribution in [2.75, 3.05) is 59.3 Å². The Morgan fingerprint density at radius 2 is 1.77 bits per heavy atom. The predicted octanol–water partition coefficient (Wildman–Crippen LogP) is 1.40. The van der Waals surface area contributed by atoms with Crippen molar-refractivity contribution in [1.82, 2.24) is 9.80 Å². The Bertz CT molecular complexity index is 744. The lowest BCUT2D eigenvalue weighted by Gasteiger charge is -2.34. The number of thiophene rings is 1. The van der Waals surface area contributed by atoms with Crippen molar-refractivity contribution in [1.29, 1.82) is 0 Å². The van der Waals surface area contributed by atoms with Gasteiger partial charge in [-0.3, -0.25) is 9.80 Å². The summed E-state index contributed by atoms with van der Waals surface area (Å²) in [4.78, 5) is 17.4. The number of rotatable bonds is 6. The van der Waals surface area contributed by atoms with Gasteiger partial charge in [-0.15, -0.1) is 11.3 Å². The molecular weight excluding hydrogens is 356 g/mol. The zero-order chi connectivity index (χ0) is 17.9. The van der Waals surface area contributed by atoms with Crippen LogP contribution < -0.4 is 9.47 Å². The van der Waals surface area contributed by atoms with Crippen LogP contribution in [0.15, 0.2) is 18.2 Å². The summed E-state index contributed by atoms with van der Waals surface area (Å²) in [6.45, 7) is 6.06. The highest BCUT2D eigenvalue weighted by molar-refractivity contribution is 7.20. The van der Waals surface area contributed by atoms with Crippen LogP contribution in [0.1, 0.15) is 9.67 Å². The standard InChI is InChI=1S/C18H22N2O5S/c21-7-5-19-1-3-20(4-2-19)6-8-23-18(22)17-10-13-9-14-15(25-12-24-14)11-16(13)26-17/h9-11,21H,1-8,12H2. The fraction of sp³-hybridized carbons (Fsp3) is 0.500. The lowest BCUT2D eigenvalue weighted by Crippen LogP contribution is -2.48. The van der Waals surface area contributed by atoms with Crippen LogP contribution in [0.3, 0.4) is 0 Å². The molecule has 2 aliphatic rings. The van der Waals surface area contributed by atoms with Gasteiger partial charge in [-0.25, -0.2) is 4.79 Å². The normalized spacial score (nSPS) is 17.7.